The fourth-order valence-corrected chi connectivity index (χ4v) is 1.81. The van der Waals surface area contributed by atoms with Crippen LogP contribution in [-0.4, -0.2) is 17.6 Å². The molecule has 3 nitrogen and oxygen atoms in total. The fraction of sp³-hybridized carbons (Fsp3) is 0.615. The smallest absolute Gasteiger partial charge is 0.355 e. The van der Waals surface area contributed by atoms with E-state index in [1.54, 1.807) is 0 Å². The second-order valence-corrected chi connectivity index (χ2v) is 4.00. The van der Waals surface area contributed by atoms with Crippen LogP contribution in [0.5, 0.6) is 0 Å². The third-order valence-corrected chi connectivity index (χ3v) is 2.72. The van der Waals surface area contributed by atoms with Crippen molar-refractivity contribution in [1.82, 2.24) is 4.98 Å². The fourth-order valence-electron chi connectivity index (χ4n) is 1.81. The van der Waals surface area contributed by atoms with E-state index in [1.807, 2.05) is 20.0 Å². The van der Waals surface area contributed by atoms with E-state index >= 15 is 0 Å². The molecule has 0 radical (unpaired) electrons. The van der Waals surface area contributed by atoms with Crippen LogP contribution < -0.4 is 0 Å². The monoisotopic (exact) mass is 223 g/mol. The molecule has 0 aliphatic heterocycles. The van der Waals surface area contributed by atoms with Gasteiger partial charge >= 0.3 is 5.97 Å². The molecule has 0 atom stereocenters. The SMILES string of the molecule is CCCCCc1c(C)c[nH]c1C(=O)OCC. The highest BCUT2D eigenvalue weighted by Gasteiger charge is 2.15. The van der Waals surface area contributed by atoms with Crippen molar-refractivity contribution in [2.24, 2.45) is 0 Å². The van der Waals surface area contributed by atoms with Crippen LogP contribution in [0.4, 0.5) is 0 Å². The van der Waals surface area contributed by atoms with Gasteiger partial charge < -0.3 is 9.72 Å². The van der Waals surface area contributed by atoms with Crippen molar-refractivity contribution in [3.05, 3.63) is 23.0 Å². The summed E-state index contributed by atoms with van der Waals surface area (Å²) in [5, 5.41) is 0. The van der Waals surface area contributed by atoms with Crippen LogP contribution in [-0.2, 0) is 11.2 Å². The third kappa shape index (κ3) is 3.12. The average molecular weight is 223 g/mol. The lowest BCUT2D eigenvalue weighted by molar-refractivity contribution is 0.0519. The molecule has 1 rings (SSSR count). The van der Waals surface area contributed by atoms with Crippen molar-refractivity contribution < 1.29 is 9.53 Å². The number of ether oxygens (including phenoxy) is 1. The van der Waals surface area contributed by atoms with Gasteiger partial charge in [-0.3, -0.25) is 0 Å². The zero-order chi connectivity index (χ0) is 12.0. The number of carbonyl (C=O) groups is 1. The summed E-state index contributed by atoms with van der Waals surface area (Å²) in [6, 6.07) is 0. The third-order valence-electron chi connectivity index (χ3n) is 2.72. The molecule has 0 unspecified atom stereocenters. The van der Waals surface area contributed by atoms with E-state index < -0.39 is 0 Å². The highest BCUT2D eigenvalue weighted by atomic mass is 16.5. The maximum absolute atomic E-state index is 11.7. The minimum Gasteiger partial charge on any atom is -0.461 e. The maximum atomic E-state index is 11.7. The van der Waals surface area contributed by atoms with Crippen LogP contribution in [0.25, 0.3) is 0 Å². The van der Waals surface area contributed by atoms with Crippen LogP contribution in [0.1, 0.15) is 54.7 Å². The Morgan fingerprint density at radius 3 is 2.75 bits per heavy atom. The van der Waals surface area contributed by atoms with Gasteiger partial charge in [0.05, 0.1) is 6.61 Å². The molecular formula is C13H21NO2. The number of carbonyl (C=O) groups excluding carboxylic acids is 1. The van der Waals surface area contributed by atoms with Gasteiger partial charge in [0.2, 0.25) is 0 Å². The molecule has 1 aromatic heterocycles. The maximum Gasteiger partial charge on any atom is 0.355 e. The number of hydrogen-bond donors (Lipinski definition) is 1. The first-order valence-electron chi connectivity index (χ1n) is 6.04. The molecular weight excluding hydrogens is 202 g/mol. The molecule has 0 aliphatic rings. The summed E-state index contributed by atoms with van der Waals surface area (Å²) < 4.78 is 5.02. The first-order valence-corrected chi connectivity index (χ1v) is 6.04. The number of H-pyrrole nitrogens is 1. The van der Waals surface area contributed by atoms with E-state index in [2.05, 4.69) is 11.9 Å². The Morgan fingerprint density at radius 1 is 1.38 bits per heavy atom. The van der Waals surface area contributed by atoms with E-state index in [0.717, 1.165) is 24.0 Å². The number of aromatic amines is 1. The van der Waals surface area contributed by atoms with Crippen LogP contribution >= 0.6 is 0 Å². The Hall–Kier alpha value is -1.25. The lowest BCUT2D eigenvalue weighted by atomic mass is 10.0. The predicted octanol–water partition coefficient (Wildman–Crippen LogP) is 3.23. The van der Waals surface area contributed by atoms with Crippen molar-refractivity contribution in [3.63, 3.8) is 0 Å². The van der Waals surface area contributed by atoms with Gasteiger partial charge in [-0.2, -0.15) is 0 Å². The summed E-state index contributed by atoms with van der Waals surface area (Å²) in [4.78, 5) is 14.7. The minimum absolute atomic E-state index is 0.234. The van der Waals surface area contributed by atoms with Crippen LogP contribution in [0.2, 0.25) is 0 Å². The number of aryl methyl sites for hydroxylation is 1. The van der Waals surface area contributed by atoms with Crippen molar-refractivity contribution in [2.75, 3.05) is 6.61 Å². The zero-order valence-corrected chi connectivity index (χ0v) is 10.4. The second kappa shape index (κ2) is 6.36. The topological polar surface area (TPSA) is 42.1 Å². The van der Waals surface area contributed by atoms with Gasteiger partial charge in [-0.25, -0.2) is 4.79 Å². The average Bonchev–Trinajstić information content (AvgIpc) is 2.61. The second-order valence-electron chi connectivity index (χ2n) is 4.00. The molecule has 1 heterocycles. The van der Waals surface area contributed by atoms with E-state index in [-0.39, 0.29) is 5.97 Å². The number of aromatic nitrogens is 1. The minimum atomic E-state index is -0.234. The number of unbranched alkanes of at least 4 members (excludes halogenated alkanes) is 2. The lowest BCUT2D eigenvalue weighted by Gasteiger charge is -2.05. The van der Waals surface area contributed by atoms with Gasteiger partial charge in [-0.05, 0) is 37.8 Å². The summed E-state index contributed by atoms with van der Waals surface area (Å²) in [6.45, 7) is 6.45. The van der Waals surface area contributed by atoms with E-state index in [1.165, 1.54) is 12.8 Å². The van der Waals surface area contributed by atoms with Gasteiger partial charge in [0.25, 0.3) is 0 Å². The highest BCUT2D eigenvalue weighted by Crippen LogP contribution is 2.17. The number of hydrogen-bond acceptors (Lipinski definition) is 2. The van der Waals surface area contributed by atoms with Crippen molar-refractivity contribution in [2.45, 2.75) is 46.5 Å². The summed E-state index contributed by atoms with van der Waals surface area (Å²) in [7, 11) is 0. The lowest BCUT2D eigenvalue weighted by Crippen LogP contribution is -2.08. The quantitative estimate of drug-likeness (QED) is 0.594. The standard InChI is InChI=1S/C13H21NO2/c1-4-6-7-8-11-10(3)9-14-12(11)13(15)16-5-2/h9,14H,4-8H2,1-3H3. The predicted molar refractivity (Wildman–Crippen MR) is 64.7 cm³/mol. The van der Waals surface area contributed by atoms with Crippen LogP contribution in [0.15, 0.2) is 6.20 Å². The van der Waals surface area contributed by atoms with Gasteiger partial charge in [0, 0.05) is 6.20 Å². The van der Waals surface area contributed by atoms with E-state index in [4.69, 9.17) is 4.74 Å². The van der Waals surface area contributed by atoms with Gasteiger partial charge in [-0.15, -0.1) is 0 Å². The summed E-state index contributed by atoms with van der Waals surface area (Å²) >= 11 is 0. The Bertz CT molecular complexity index is 342. The van der Waals surface area contributed by atoms with Crippen molar-refractivity contribution in [1.29, 1.82) is 0 Å². The van der Waals surface area contributed by atoms with Crippen molar-refractivity contribution in [3.8, 4) is 0 Å². The molecule has 0 aromatic carbocycles. The first-order chi connectivity index (χ1) is 7.70. The molecule has 1 aromatic rings. The Balaban J connectivity index is 2.73. The molecule has 0 saturated heterocycles. The Labute approximate surface area is 97.2 Å². The molecule has 16 heavy (non-hydrogen) atoms. The van der Waals surface area contributed by atoms with Gasteiger partial charge in [0.1, 0.15) is 5.69 Å². The summed E-state index contributed by atoms with van der Waals surface area (Å²) in [5.74, 6) is -0.234. The van der Waals surface area contributed by atoms with Gasteiger partial charge in [0.15, 0.2) is 0 Å². The number of rotatable bonds is 6. The highest BCUT2D eigenvalue weighted by molar-refractivity contribution is 5.89. The van der Waals surface area contributed by atoms with Gasteiger partial charge in [-0.1, -0.05) is 19.8 Å². The Kier molecular flexibility index (Phi) is 5.09. The molecule has 0 fully saturated rings. The molecule has 3 heteroatoms. The Morgan fingerprint density at radius 2 is 2.12 bits per heavy atom. The largest absolute Gasteiger partial charge is 0.461 e. The van der Waals surface area contributed by atoms with Crippen molar-refractivity contribution >= 4 is 5.97 Å². The molecule has 1 N–H and O–H groups in total. The van der Waals surface area contributed by atoms with Crippen LogP contribution in [0.3, 0.4) is 0 Å². The zero-order valence-electron chi connectivity index (χ0n) is 10.4. The molecule has 0 amide bonds. The summed E-state index contributed by atoms with van der Waals surface area (Å²) in [6.07, 6.45) is 6.36. The first kappa shape index (κ1) is 12.8. The molecule has 0 bridgehead atoms. The number of nitrogens with one attached hydrogen (secondary N) is 1. The molecule has 0 saturated carbocycles. The van der Waals surface area contributed by atoms with E-state index in [0.29, 0.717) is 12.3 Å². The normalized spacial score (nSPS) is 10.4. The molecule has 0 aliphatic carbocycles. The number of esters is 1. The van der Waals surface area contributed by atoms with Crippen LogP contribution in [0, 0.1) is 6.92 Å². The molecule has 90 valence electrons. The summed E-state index contributed by atoms with van der Waals surface area (Å²) in [5.41, 5.74) is 2.90. The molecule has 0 spiro atoms. The van der Waals surface area contributed by atoms with E-state index in [9.17, 15) is 4.79 Å².